The van der Waals surface area contributed by atoms with Crippen molar-refractivity contribution in [3.8, 4) is 23.3 Å². The van der Waals surface area contributed by atoms with Crippen LogP contribution in [0.15, 0.2) is 69.9 Å². The number of para-hydroxylation sites is 1. The number of halogens is 4. The fourth-order valence-corrected chi connectivity index (χ4v) is 5.53. The molecule has 0 bridgehead atoms. The molecule has 4 aromatic rings. The van der Waals surface area contributed by atoms with Crippen LogP contribution in [0.2, 0.25) is 5.02 Å². The minimum Gasteiger partial charge on any atom is -0.454 e. The van der Waals surface area contributed by atoms with Crippen LogP contribution in [0, 0.1) is 28.4 Å². The van der Waals surface area contributed by atoms with Crippen LogP contribution < -0.4 is 19.5 Å². The first-order valence-electron chi connectivity index (χ1n) is 11.7. The molecular weight excluding hydrogens is 610 g/mol. The second-order valence-electron chi connectivity index (χ2n) is 9.25. The lowest BCUT2D eigenvalue weighted by molar-refractivity contribution is -0.117. The first-order chi connectivity index (χ1) is 18.6. The molecule has 1 heterocycles. The maximum Gasteiger partial charge on any atom is 0.273 e. The molecular formula is C29H18BrClF2N2O3S. The average molecular weight is 628 g/mol. The maximum absolute atomic E-state index is 14.4. The monoisotopic (exact) mass is 626 g/mol. The number of carbonyl (C=O) groups is 1. The number of ketones is 1. The summed E-state index contributed by atoms with van der Waals surface area (Å²) in [5, 5.41) is 9.77. The number of Topliss-reactive ketones (excluding diaryl/α,β-unsaturated/α-hetero) is 1. The zero-order valence-electron chi connectivity index (χ0n) is 20.3. The summed E-state index contributed by atoms with van der Waals surface area (Å²) in [5.74, 6) is -1.32. The quantitative estimate of drug-likeness (QED) is 0.253. The van der Waals surface area contributed by atoms with Gasteiger partial charge in [0.05, 0.1) is 15.2 Å². The van der Waals surface area contributed by atoms with Gasteiger partial charge in [0.15, 0.2) is 17.3 Å². The fraction of sp³-hybridized carbons (Fsp3) is 0.138. The Hall–Kier alpha value is -3.58. The number of rotatable bonds is 6. The molecule has 1 fully saturated rings. The molecule has 0 N–H and O–H groups in total. The van der Waals surface area contributed by atoms with E-state index in [0.717, 1.165) is 17.4 Å². The highest BCUT2D eigenvalue weighted by molar-refractivity contribution is 9.10. The number of hydrogen-bond acceptors (Lipinski definition) is 5. The second kappa shape index (κ2) is 10.5. The van der Waals surface area contributed by atoms with Gasteiger partial charge in [0.1, 0.15) is 27.9 Å². The summed E-state index contributed by atoms with van der Waals surface area (Å²) >= 11 is 10.2. The molecule has 1 aliphatic carbocycles. The van der Waals surface area contributed by atoms with Gasteiger partial charge in [0.25, 0.3) is 5.56 Å². The average Bonchev–Trinajstić information content (AvgIpc) is 3.59. The van der Waals surface area contributed by atoms with Gasteiger partial charge in [-0.25, -0.2) is 8.78 Å². The summed E-state index contributed by atoms with van der Waals surface area (Å²) < 4.78 is 36.2. The van der Waals surface area contributed by atoms with Crippen molar-refractivity contribution in [2.45, 2.75) is 19.8 Å². The second-order valence-corrected chi connectivity index (χ2v) is 11.6. The van der Waals surface area contributed by atoms with Crippen LogP contribution in [-0.4, -0.2) is 10.4 Å². The molecule has 196 valence electrons. The van der Waals surface area contributed by atoms with E-state index < -0.39 is 22.6 Å². The van der Waals surface area contributed by atoms with Gasteiger partial charge in [-0.3, -0.25) is 14.2 Å². The Morgan fingerprint density at radius 3 is 2.54 bits per heavy atom. The van der Waals surface area contributed by atoms with E-state index in [4.69, 9.17) is 16.3 Å². The number of benzene rings is 3. The van der Waals surface area contributed by atoms with E-state index in [2.05, 4.69) is 15.9 Å². The van der Waals surface area contributed by atoms with Crippen LogP contribution in [0.3, 0.4) is 0 Å². The number of nitrogens with zero attached hydrogens (tertiary/aromatic N) is 2. The van der Waals surface area contributed by atoms with E-state index in [1.807, 2.05) is 6.07 Å². The van der Waals surface area contributed by atoms with Crippen molar-refractivity contribution in [3.63, 3.8) is 0 Å². The van der Waals surface area contributed by atoms with Crippen LogP contribution in [0.25, 0.3) is 17.3 Å². The zero-order chi connectivity index (χ0) is 27.9. The molecule has 0 radical (unpaired) electrons. The lowest BCUT2D eigenvalue weighted by Gasteiger charge is -2.09. The molecule has 1 aliphatic rings. The van der Waals surface area contributed by atoms with Crippen molar-refractivity contribution in [1.29, 1.82) is 5.26 Å². The minimum absolute atomic E-state index is 0.00680. The molecule has 0 spiro atoms. The molecule has 0 atom stereocenters. The molecule has 0 unspecified atom stereocenters. The largest absolute Gasteiger partial charge is 0.454 e. The molecule has 3 aromatic carbocycles. The number of hydrogen-bond donors (Lipinski definition) is 0. The van der Waals surface area contributed by atoms with Gasteiger partial charge in [-0.15, -0.1) is 11.3 Å². The van der Waals surface area contributed by atoms with Crippen LogP contribution in [-0.2, 0) is 4.79 Å². The number of ether oxygens (including phenoxy) is 1. The first kappa shape index (κ1) is 27.0. The van der Waals surface area contributed by atoms with Crippen LogP contribution in [0.1, 0.15) is 25.3 Å². The summed E-state index contributed by atoms with van der Waals surface area (Å²) in [6, 6.07) is 16.9. The van der Waals surface area contributed by atoms with E-state index in [1.54, 1.807) is 43.3 Å². The number of carbonyl (C=O) groups excluding carboxylic acids is 1. The van der Waals surface area contributed by atoms with Gasteiger partial charge >= 0.3 is 0 Å². The molecule has 1 aromatic heterocycles. The van der Waals surface area contributed by atoms with E-state index in [9.17, 15) is 23.6 Å². The number of nitriles is 1. The van der Waals surface area contributed by atoms with Crippen LogP contribution in [0.4, 0.5) is 8.78 Å². The van der Waals surface area contributed by atoms with Gasteiger partial charge in [-0.2, -0.15) is 5.26 Å². The Morgan fingerprint density at radius 1 is 1.13 bits per heavy atom. The molecule has 1 saturated carbocycles. The smallest absolute Gasteiger partial charge is 0.273 e. The third kappa shape index (κ3) is 5.33. The molecule has 39 heavy (non-hydrogen) atoms. The van der Waals surface area contributed by atoms with E-state index in [0.29, 0.717) is 22.9 Å². The fourth-order valence-electron chi connectivity index (χ4n) is 3.93. The summed E-state index contributed by atoms with van der Waals surface area (Å²) in [6.45, 7) is 1.78. The van der Waals surface area contributed by atoms with Crippen molar-refractivity contribution >= 4 is 56.3 Å². The highest BCUT2D eigenvalue weighted by Crippen LogP contribution is 2.47. The van der Waals surface area contributed by atoms with Crippen LogP contribution in [0.5, 0.6) is 11.5 Å². The predicted molar refractivity (Wildman–Crippen MR) is 150 cm³/mol. The summed E-state index contributed by atoms with van der Waals surface area (Å²) in [5.41, 5.74) is -0.675. The molecule has 0 aliphatic heterocycles. The Balaban J connectivity index is 1.74. The van der Waals surface area contributed by atoms with Gasteiger partial charge in [-0.1, -0.05) is 52.7 Å². The highest BCUT2D eigenvalue weighted by atomic mass is 79.9. The third-order valence-electron chi connectivity index (χ3n) is 6.41. The Labute approximate surface area is 239 Å². The molecule has 5 rings (SSSR count). The summed E-state index contributed by atoms with van der Waals surface area (Å²) in [6.07, 6.45) is 2.83. The van der Waals surface area contributed by atoms with Gasteiger partial charge in [-0.05, 0) is 61.4 Å². The molecule has 0 saturated heterocycles. The van der Waals surface area contributed by atoms with E-state index in [1.165, 1.54) is 28.8 Å². The topological polar surface area (TPSA) is 72.1 Å². The molecule has 0 amide bonds. The molecule has 10 heteroatoms. The third-order valence-corrected chi connectivity index (χ3v) is 8.28. The Kier molecular flexibility index (Phi) is 7.29. The number of aromatic nitrogens is 1. The lowest BCUT2D eigenvalue weighted by Crippen LogP contribution is -2.32. The maximum atomic E-state index is 14.4. The van der Waals surface area contributed by atoms with Crippen LogP contribution >= 0.6 is 38.9 Å². The van der Waals surface area contributed by atoms with Crippen molar-refractivity contribution in [1.82, 2.24) is 4.57 Å². The standard InChI is InChI=1S/C29H18BrClF2N2O3S/c1-29(10-11-29)26(36)19(15-34)28-35(18-7-8-21(32)20(31)14-18)27(37)25(39-28)12-16-4-2-3-5-23(16)38-24-9-6-17(30)13-22(24)33/h2-9,12-14H,10-11H2,1H3/b25-12-,28-19-. The van der Waals surface area contributed by atoms with E-state index >= 15 is 0 Å². The highest BCUT2D eigenvalue weighted by Gasteiger charge is 2.46. The summed E-state index contributed by atoms with van der Waals surface area (Å²) in [4.78, 5) is 27.0. The first-order valence-corrected chi connectivity index (χ1v) is 13.7. The van der Waals surface area contributed by atoms with E-state index in [-0.39, 0.29) is 42.8 Å². The Bertz CT molecular complexity index is 1870. The van der Waals surface area contributed by atoms with Crippen molar-refractivity contribution in [2.24, 2.45) is 5.41 Å². The zero-order valence-corrected chi connectivity index (χ0v) is 23.5. The molecule has 5 nitrogen and oxygen atoms in total. The SMILES string of the molecule is CC1(C(=O)/C(C#N)=c2\s/c(=C\c3ccccc3Oc3ccc(Br)cc3F)c(=O)n2-c2ccc(F)c(Cl)c2)CC1. The van der Waals surface area contributed by atoms with Crippen molar-refractivity contribution in [3.05, 3.63) is 107 Å². The predicted octanol–water partition coefficient (Wildman–Crippen LogP) is 6.26. The van der Waals surface area contributed by atoms with Crippen molar-refractivity contribution < 1.29 is 18.3 Å². The Morgan fingerprint density at radius 2 is 1.87 bits per heavy atom. The normalized spacial score (nSPS) is 15.0. The van der Waals surface area contributed by atoms with Gasteiger partial charge in [0, 0.05) is 15.5 Å². The lowest BCUT2D eigenvalue weighted by atomic mass is 9.98. The summed E-state index contributed by atoms with van der Waals surface area (Å²) in [7, 11) is 0. The van der Waals surface area contributed by atoms with Gasteiger partial charge in [0.2, 0.25) is 0 Å². The number of thiazole rings is 1. The van der Waals surface area contributed by atoms with Gasteiger partial charge < -0.3 is 4.74 Å². The minimum atomic E-state index is -0.672. The van der Waals surface area contributed by atoms with Crippen molar-refractivity contribution in [2.75, 3.05) is 0 Å².